The summed E-state index contributed by atoms with van der Waals surface area (Å²) in [7, 11) is 0. The highest BCUT2D eigenvalue weighted by molar-refractivity contribution is 7.16. The number of nitrogens with zero attached hydrogens (tertiary/aromatic N) is 3. The number of carbonyl (C=O) groups is 1. The van der Waals surface area contributed by atoms with Gasteiger partial charge in [-0.1, -0.05) is 37.3 Å². The molecule has 1 N–H and O–H groups in total. The highest BCUT2D eigenvalue weighted by Crippen LogP contribution is 2.20. The zero-order valence-electron chi connectivity index (χ0n) is 16.5. The summed E-state index contributed by atoms with van der Waals surface area (Å²) in [6, 6.07) is 12.2. The lowest BCUT2D eigenvalue weighted by Crippen LogP contribution is -2.16. The summed E-state index contributed by atoms with van der Waals surface area (Å²) in [6.45, 7) is 4.36. The van der Waals surface area contributed by atoms with E-state index in [1.54, 1.807) is 30.3 Å². The van der Waals surface area contributed by atoms with Crippen LogP contribution in [0.3, 0.4) is 0 Å². The first-order chi connectivity index (χ1) is 14.5. The molecule has 30 heavy (non-hydrogen) atoms. The van der Waals surface area contributed by atoms with E-state index in [4.69, 9.17) is 4.74 Å². The molecule has 0 saturated carbocycles. The Morgan fingerprint density at radius 1 is 1.23 bits per heavy atom. The second-order valence-corrected chi connectivity index (χ2v) is 9.11. The van der Waals surface area contributed by atoms with Crippen LogP contribution in [0.25, 0.3) is 4.96 Å². The van der Waals surface area contributed by atoms with Crippen molar-refractivity contribution in [3.8, 4) is 5.75 Å². The number of nitrogens with one attached hydrogen (secondary N) is 1. The van der Waals surface area contributed by atoms with Gasteiger partial charge in [-0.3, -0.25) is 9.59 Å². The molecule has 0 atom stereocenters. The van der Waals surface area contributed by atoms with Gasteiger partial charge in [0.1, 0.15) is 17.4 Å². The minimum atomic E-state index is -0.221. The Morgan fingerprint density at radius 3 is 2.87 bits per heavy atom. The summed E-state index contributed by atoms with van der Waals surface area (Å²) < 4.78 is 7.15. The number of hydrogen-bond acceptors (Lipinski definition) is 7. The van der Waals surface area contributed by atoms with Gasteiger partial charge in [0.25, 0.3) is 11.5 Å². The molecule has 3 aromatic heterocycles. The van der Waals surface area contributed by atoms with E-state index >= 15 is 0 Å². The first-order valence-electron chi connectivity index (χ1n) is 9.44. The number of anilines is 1. The van der Waals surface area contributed by atoms with Crippen molar-refractivity contribution >= 4 is 39.2 Å². The summed E-state index contributed by atoms with van der Waals surface area (Å²) >= 11 is 2.80. The van der Waals surface area contributed by atoms with Gasteiger partial charge in [0.05, 0.1) is 10.6 Å². The largest absolute Gasteiger partial charge is 0.487 e. The third-order valence-corrected chi connectivity index (χ3v) is 5.95. The van der Waals surface area contributed by atoms with Crippen LogP contribution in [0.4, 0.5) is 5.69 Å². The van der Waals surface area contributed by atoms with Gasteiger partial charge >= 0.3 is 0 Å². The minimum absolute atomic E-state index is 0.144. The van der Waals surface area contributed by atoms with Gasteiger partial charge in [0.15, 0.2) is 0 Å². The van der Waals surface area contributed by atoms with Crippen molar-refractivity contribution in [2.24, 2.45) is 5.92 Å². The summed E-state index contributed by atoms with van der Waals surface area (Å²) in [4.78, 5) is 30.3. The van der Waals surface area contributed by atoms with Crippen LogP contribution in [0.15, 0.2) is 52.6 Å². The van der Waals surface area contributed by atoms with Crippen LogP contribution in [-0.2, 0) is 13.0 Å². The SMILES string of the molecule is CC(C)Cc1nn2c(=O)cc(COc3cccc(NC(=O)c4cccs4)c3)nc2s1. The van der Waals surface area contributed by atoms with Crippen LogP contribution in [0.2, 0.25) is 0 Å². The van der Waals surface area contributed by atoms with Gasteiger partial charge < -0.3 is 10.1 Å². The van der Waals surface area contributed by atoms with E-state index in [0.29, 0.717) is 32.9 Å². The first-order valence-corrected chi connectivity index (χ1v) is 11.1. The van der Waals surface area contributed by atoms with Gasteiger partial charge in [-0.2, -0.15) is 9.61 Å². The van der Waals surface area contributed by atoms with E-state index in [-0.39, 0.29) is 18.1 Å². The maximum Gasteiger partial charge on any atom is 0.275 e. The van der Waals surface area contributed by atoms with Crippen molar-refractivity contribution < 1.29 is 9.53 Å². The Bertz CT molecular complexity index is 1230. The Hall–Kier alpha value is -3.04. The van der Waals surface area contributed by atoms with Gasteiger partial charge in [0.2, 0.25) is 4.96 Å². The Labute approximate surface area is 181 Å². The molecule has 1 amide bonds. The Balaban J connectivity index is 1.46. The Morgan fingerprint density at radius 2 is 2.10 bits per heavy atom. The fourth-order valence-electron chi connectivity index (χ4n) is 2.82. The molecule has 9 heteroatoms. The van der Waals surface area contributed by atoms with E-state index < -0.39 is 0 Å². The molecule has 0 unspecified atom stereocenters. The zero-order chi connectivity index (χ0) is 21.1. The lowest BCUT2D eigenvalue weighted by Gasteiger charge is -2.08. The summed E-state index contributed by atoms with van der Waals surface area (Å²) in [5.74, 6) is 0.868. The van der Waals surface area contributed by atoms with Crippen LogP contribution in [0.1, 0.15) is 34.2 Å². The van der Waals surface area contributed by atoms with E-state index in [1.807, 2.05) is 11.4 Å². The third-order valence-electron chi connectivity index (χ3n) is 4.15. The normalized spacial score (nSPS) is 11.2. The van der Waals surface area contributed by atoms with Crippen molar-refractivity contribution in [2.75, 3.05) is 5.32 Å². The van der Waals surface area contributed by atoms with Crippen molar-refractivity contribution in [2.45, 2.75) is 26.9 Å². The number of amides is 1. The average Bonchev–Trinajstić information content (AvgIpc) is 3.36. The zero-order valence-corrected chi connectivity index (χ0v) is 18.1. The van der Waals surface area contributed by atoms with Gasteiger partial charge in [-0.15, -0.1) is 11.3 Å². The molecule has 4 rings (SSSR count). The molecule has 0 saturated heterocycles. The summed E-state index contributed by atoms with van der Waals surface area (Å²) in [5, 5.41) is 9.95. The fourth-order valence-corrected chi connectivity index (χ4v) is 4.57. The van der Waals surface area contributed by atoms with Gasteiger partial charge in [-0.25, -0.2) is 4.98 Å². The highest BCUT2D eigenvalue weighted by atomic mass is 32.1. The number of rotatable bonds is 7. The second kappa shape index (κ2) is 8.76. The van der Waals surface area contributed by atoms with Crippen LogP contribution in [-0.4, -0.2) is 20.5 Å². The summed E-state index contributed by atoms with van der Waals surface area (Å²) in [5.41, 5.74) is 0.949. The molecule has 3 heterocycles. The molecule has 4 aromatic rings. The van der Waals surface area contributed by atoms with Gasteiger partial charge in [0, 0.05) is 24.2 Å². The second-order valence-electron chi connectivity index (χ2n) is 7.12. The van der Waals surface area contributed by atoms with Crippen LogP contribution < -0.4 is 15.6 Å². The lowest BCUT2D eigenvalue weighted by atomic mass is 10.1. The number of ether oxygens (including phenoxy) is 1. The van der Waals surface area contributed by atoms with Crippen molar-refractivity contribution in [3.63, 3.8) is 0 Å². The predicted molar refractivity (Wildman–Crippen MR) is 119 cm³/mol. The number of aromatic nitrogens is 3. The molecular weight excluding hydrogens is 420 g/mol. The van der Waals surface area contributed by atoms with Crippen molar-refractivity contribution in [1.82, 2.24) is 14.6 Å². The maximum atomic E-state index is 12.4. The smallest absolute Gasteiger partial charge is 0.275 e. The number of hydrogen-bond donors (Lipinski definition) is 1. The average molecular weight is 441 g/mol. The minimum Gasteiger partial charge on any atom is -0.487 e. The fraction of sp³-hybridized carbons (Fsp3) is 0.238. The monoisotopic (exact) mass is 440 g/mol. The molecule has 0 aliphatic carbocycles. The van der Waals surface area contributed by atoms with Crippen molar-refractivity contribution in [1.29, 1.82) is 0 Å². The third kappa shape index (κ3) is 4.74. The molecule has 0 spiro atoms. The molecule has 154 valence electrons. The van der Waals surface area contributed by atoms with Crippen LogP contribution >= 0.6 is 22.7 Å². The predicted octanol–water partition coefficient (Wildman–Crippen LogP) is 4.24. The number of thiophene rings is 1. The molecule has 0 aliphatic rings. The van der Waals surface area contributed by atoms with Crippen LogP contribution in [0, 0.1) is 5.92 Å². The molecule has 7 nitrogen and oxygen atoms in total. The van der Waals surface area contributed by atoms with E-state index in [0.717, 1.165) is 11.4 Å². The van der Waals surface area contributed by atoms with Gasteiger partial charge in [-0.05, 0) is 29.5 Å². The number of carbonyl (C=O) groups excluding carboxylic acids is 1. The van der Waals surface area contributed by atoms with Crippen LogP contribution in [0.5, 0.6) is 5.75 Å². The Kier molecular flexibility index (Phi) is 5.91. The molecule has 0 radical (unpaired) electrons. The van der Waals surface area contributed by atoms with E-state index in [2.05, 4.69) is 29.2 Å². The number of fused-ring (bicyclic) bond motifs is 1. The molecule has 0 fully saturated rings. The lowest BCUT2D eigenvalue weighted by molar-refractivity contribution is 0.103. The molecular formula is C21H20N4O3S2. The highest BCUT2D eigenvalue weighted by Gasteiger charge is 2.11. The van der Waals surface area contributed by atoms with Crippen molar-refractivity contribution in [3.05, 3.63) is 73.8 Å². The maximum absolute atomic E-state index is 12.4. The molecule has 0 aliphatic heterocycles. The topological polar surface area (TPSA) is 85.6 Å². The first kappa shape index (κ1) is 20.2. The number of benzene rings is 1. The molecule has 1 aromatic carbocycles. The van der Waals surface area contributed by atoms with E-state index in [9.17, 15) is 9.59 Å². The quantitative estimate of drug-likeness (QED) is 0.465. The standard InChI is InChI=1S/C21H20N4O3S2/c1-13(2)9-18-24-25-19(26)11-15(23-21(25)30-18)12-28-16-6-3-5-14(10-16)22-20(27)17-7-4-8-29-17/h3-8,10-11,13H,9,12H2,1-2H3,(H,22,27). The van der Waals surface area contributed by atoms with E-state index in [1.165, 1.54) is 33.3 Å². The molecule has 0 bridgehead atoms. The summed E-state index contributed by atoms with van der Waals surface area (Å²) in [6.07, 6.45) is 0.809.